The molecule has 0 aromatic heterocycles. The average Bonchev–Trinajstić information content (AvgIpc) is 2.69. The molecule has 5 nitrogen and oxygen atoms in total. The monoisotopic (exact) mass is 386 g/mol. The van der Waals surface area contributed by atoms with Crippen molar-refractivity contribution >= 4 is 5.91 Å². The van der Waals surface area contributed by atoms with Gasteiger partial charge in [0.15, 0.2) is 5.60 Å². The fourth-order valence-electron chi connectivity index (χ4n) is 5.03. The van der Waals surface area contributed by atoms with Crippen molar-refractivity contribution < 1.29 is 14.6 Å². The molecule has 3 aliphatic rings. The third kappa shape index (κ3) is 4.69. The maximum absolute atomic E-state index is 13.0. The van der Waals surface area contributed by atoms with E-state index in [9.17, 15) is 9.90 Å². The number of aliphatic hydroxyl groups is 1. The Morgan fingerprint density at radius 3 is 2.57 bits per heavy atom. The van der Waals surface area contributed by atoms with Crippen LogP contribution >= 0.6 is 0 Å². The van der Waals surface area contributed by atoms with Crippen molar-refractivity contribution in [2.24, 2.45) is 5.92 Å². The molecule has 1 aromatic carbocycles. The first kappa shape index (κ1) is 19.7. The molecule has 28 heavy (non-hydrogen) atoms. The van der Waals surface area contributed by atoms with E-state index in [2.05, 4.69) is 4.90 Å². The van der Waals surface area contributed by atoms with Gasteiger partial charge in [-0.05, 0) is 37.3 Å². The topological polar surface area (TPSA) is 53.0 Å². The number of benzene rings is 1. The van der Waals surface area contributed by atoms with Gasteiger partial charge < -0.3 is 14.7 Å². The molecule has 1 aliphatic carbocycles. The number of β-amino-alcohol motifs (C(OH)–C–C–N with tert-alkyl or cyclic N) is 1. The Bertz CT molecular complexity index is 641. The quantitative estimate of drug-likeness (QED) is 0.782. The Morgan fingerprint density at radius 2 is 1.82 bits per heavy atom. The van der Waals surface area contributed by atoms with Crippen molar-refractivity contribution in [3.05, 3.63) is 30.3 Å². The molecule has 154 valence electrons. The van der Waals surface area contributed by atoms with E-state index in [0.717, 1.165) is 50.7 Å². The molecular formula is C23H34N2O3. The lowest BCUT2D eigenvalue weighted by Crippen LogP contribution is -2.64. The number of nitrogens with zero attached hydrogens (tertiary/aromatic N) is 2. The fourth-order valence-corrected chi connectivity index (χ4v) is 5.03. The number of likely N-dealkylation sites (tertiary alicyclic amines) is 2. The lowest BCUT2D eigenvalue weighted by Gasteiger charge is -2.45. The zero-order chi connectivity index (χ0) is 19.4. The minimum atomic E-state index is -1.22. The maximum atomic E-state index is 13.0. The van der Waals surface area contributed by atoms with E-state index in [1.807, 2.05) is 35.2 Å². The predicted molar refractivity (Wildman–Crippen MR) is 109 cm³/mol. The summed E-state index contributed by atoms with van der Waals surface area (Å²) in [6.07, 6.45) is 9.37. The summed E-state index contributed by atoms with van der Waals surface area (Å²) < 4.78 is 5.94. The molecule has 1 amide bonds. The molecule has 1 aromatic rings. The van der Waals surface area contributed by atoms with Crippen molar-refractivity contribution in [1.29, 1.82) is 0 Å². The Labute approximate surface area is 168 Å². The first-order valence-electron chi connectivity index (χ1n) is 11.1. The molecule has 2 saturated heterocycles. The molecule has 0 radical (unpaired) electrons. The van der Waals surface area contributed by atoms with Crippen molar-refractivity contribution in [2.45, 2.75) is 63.1 Å². The summed E-state index contributed by atoms with van der Waals surface area (Å²) in [5, 5.41) is 11.1. The molecule has 5 heteroatoms. The molecule has 0 unspecified atom stereocenters. The molecule has 0 bridgehead atoms. The zero-order valence-electron chi connectivity index (χ0n) is 16.9. The van der Waals surface area contributed by atoms with Crippen molar-refractivity contribution in [3.8, 4) is 5.75 Å². The molecule has 1 saturated carbocycles. The van der Waals surface area contributed by atoms with Crippen LogP contribution in [0, 0.1) is 5.92 Å². The number of hydrogen-bond donors (Lipinski definition) is 1. The van der Waals surface area contributed by atoms with Crippen LogP contribution < -0.4 is 4.74 Å². The van der Waals surface area contributed by atoms with Gasteiger partial charge in [0.05, 0.1) is 0 Å². The highest BCUT2D eigenvalue weighted by Gasteiger charge is 2.45. The van der Waals surface area contributed by atoms with E-state index in [1.54, 1.807) is 0 Å². The van der Waals surface area contributed by atoms with Gasteiger partial charge in [0.2, 0.25) is 0 Å². The molecular weight excluding hydrogens is 352 g/mol. The minimum absolute atomic E-state index is 0.0537. The number of para-hydroxylation sites is 1. The van der Waals surface area contributed by atoms with E-state index in [4.69, 9.17) is 4.74 Å². The van der Waals surface area contributed by atoms with Gasteiger partial charge in [0, 0.05) is 32.7 Å². The van der Waals surface area contributed by atoms with Gasteiger partial charge in [0.25, 0.3) is 5.91 Å². The fraction of sp³-hybridized carbons (Fsp3) is 0.696. The van der Waals surface area contributed by atoms with Crippen LogP contribution in [-0.4, -0.2) is 65.2 Å². The Kier molecular flexibility index (Phi) is 6.22. The number of ether oxygens (including phenoxy) is 1. The number of amides is 1. The first-order chi connectivity index (χ1) is 13.6. The van der Waals surface area contributed by atoms with Gasteiger partial charge in [-0.15, -0.1) is 0 Å². The molecule has 4 rings (SSSR count). The van der Waals surface area contributed by atoms with E-state index < -0.39 is 5.60 Å². The standard InChI is InChI=1S/C23H34N2O3/c26-22-23(27,13-7-14-25(22)15-12-19-8-3-1-4-9-19)18-24-16-21(17-24)28-20-10-5-2-6-11-20/h2,5-6,10-11,19,21,27H,1,3-4,7-9,12-18H2/t23-/m1/s1. The summed E-state index contributed by atoms with van der Waals surface area (Å²) in [5.74, 6) is 1.60. The number of rotatable bonds is 7. The molecule has 0 spiro atoms. The van der Waals surface area contributed by atoms with E-state index in [1.165, 1.54) is 32.1 Å². The van der Waals surface area contributed by atoms with Gasteiger partial charge in [-0.25, -0.2) is 0 Å². The summed E-state index contributed by atoms with van der Waals surface area (Å²) >= 11 is 0. The van der Waals surface area contributed by atoms with Gasteiger partial charge >= 0.3 is 0 Å². The Morgan fingerprint density at radius 1 is 1.07 bits per heavy atom. The lowest BCUT2D eigenvalue weighted by atomic mass is 9.86. The summed E-state index contributed by atoms with van der Waals surface area (Å²) in [7, 11) is 0. The smallest absolute Gasteiger partial charge is 0.255 e. The molecule has 1 atom stereocenters. The van der Waals surface area contributed by atoms with E-state index in [-0.39, 0.29) is 12.0 Å². The van der Waals surface area contributed by atoms with Crippen LogP contribution in [0.25, 0.3) is 0 Å². The van der Waals surface area contributed by atoms with Gasteiger partial charge in [-0.3, -0.25) is 9.69 Å². The lowest BCUT2D eigenvalue weighted by molar-refractivity contribution is -0.162. The number of hydrogen-bond acceptors (Lipinski definition) is 4. The SMILES string of the molecule is O=C1N(CCC2CCCCC2)CCC[C@@]1(O)CN1CC(Oc2ccccc2)C1. The van der Waals surface area contributed by atoms with Crippen LogP contribution in [0.4, 0.5) is 0 Å². The Hall–Kier alpha value is -1.59. The first-order valence-corrected chi connectivity index (χ1v) is 11.1. The van der Waals surface area contributed by atoms with Crippen LogP contribution in [0.1, 0.15) is 51.4 Å². The number of carbonyl (C=O) groups excluding carboxylic acids is 1. The molecule has 3 fully saturated rings. The highest BCUT2D eigenvalue weighted by atomic mass is 16.5. The van der Waals surface area contributed by atoms with Crippen LogP contribution in [0.15, 0.2) is 30.3 Å². The largest absolute Gasteiger partial charge is 0.488 e. The van der Waals surface area contributed by atoms with Crippen molar-refractivity contribution in [2.75, 3.05) is 32.7 Å². The summed E-state index contributed by atoms with van der Waals surface area (Å²) in [6.45, 7) is 3.58. The Balaban J connectivity index is 1.24. The highest BCUT2D eigenvalue weighted by molar-refractivity contribution is 5.86. The minimum Gasteiger partial charge on any atom is -0.488 e. The normalized spacial score (nSPS) is 27.6. The van der Waals surface area contributed by atoms with Crippen molar-refractivity contribution in [3.63, 3.8) is 0 Å². The van der Waals surface area contributed by atoms with Crippen LogP contribution in [0.2, 0.25) is 0 Å². The summed E-state index contributed by atoms with van der Waals surface area (Å²) in [6, 6.07) is 9.84. The van der Waals surface area contributed by atoms with Gasteiger partial charge in [-0.2, -0.15) is 0 Å². The average molecular weight is 387 g/mol. The zero-order valence-corrected chi connectivity index (χ0v) is 16.9. The number of piperidine rings is 1. The second-order valence-corrected chi connectivity index (χ2v) is 8.97. The van der Waals surface area contributed by atoms with Gasteiger partial charge in [0.1, 0.15) is 11.9 Å². The third-order valence-electron chi connectivity index (χ3n) is 6.69. The predicted octanol–water partition coefficient (Wildman–Crippen LogP) is 3.07. The molecule has 1 N–H and O–H groups in total. The molecule has 2 heterocycles. The van der Waals surface area contributed by atoms with Crippen LogP contribution in [0.3, 0.4) is 0 Å². The van der Waals surface area contributed by atoms with Crippen molar-refractivity contribution in [1.82, 2.24) is 9.80 Å². The van der Waals surface area contributed by atoms with Gasteiger partial charge in [-0.1, -0.05) is 50.3 Å². The summed E-state index contributed by atoms with van der Waals surface area (Å²) in [4.78, 5) is 17.1. The second kappa shape index (κ2) is 8.83. The number of carbonyl (C=O) groups is 1. The molecule has 2 aliphatic heterocycles. The van der Waals surface area contributed by atoms with Crippen LogP contribution in [0.5, 0.6) is 5.75 Å². The highest BCUT2D eigenvalue weighted by Crippen LogP contribution is 2.30. The van der Waals surface area contributed by atoms with Crippen LogP contribution in [-0.2, 0) is 4.79 Å². The maximum Gasteiger partial charge on any atom is 0.255 e. The second-order valence-electron chi connectivity index (χ2n) is 8.97. The van der Waals surface area contributed by atoms with E-state index in [0.29, 0.717) is 13.0 Å². The third-order valence-corrected chi connectivity index (χ3v) is 6.69. The van der Waals surface area contributed by atoms with E-state index >= 15 is 0 Å². The summed E-state index contributed by atoms with van der Waals surface area (Å²) in [5.41, 5.74) is -1.22.